The first-order chi connectivity index (χ1) is 9.58. The van der Waals surface area contributed by atoms with Crippen molar-refractivity contribution in [2.45, 2.75) is 30.7 Å². The van der Waals surface area contributed by atoms with E-state index in [1.165, 1.54) is 30.0 Å². The van der Waals surface area contributed by atoms with E-state index in [1.807, 2.05) is 6.92 Å². The first-order valence-electron chi connectivity index (χ1n) is 6.35. The van der Waals surface area contributed by atoms with Gasteiger partial charge in [-0.1, -0.05) is 31.2 Å². The Morgan fingerprint density at radius 2 is 2.20 bits per heavy atom. The molecular formula is C14H16FN3OS. The second-order valence-corrected chi connectivity index (χ2v) is 5.39. The van der Waals surface area contributed by atoms with Crippen molar-refractivity contribution in [1.29, 1.82) is 0 Å². The maximum absolute atomic E-state index is 13.0. The van der Waals surface area contributed by atoms with Crippen LogP contribution in [0.3, 0.4) is 0 Å². The molecule has 2 aromatic rings. The Labute approximate surface area is 120 Å². The van der Waals surface area contributed by atoms with Crippen LogP contribution < -0.4 is 11.3 Å². The third-order valence-electron chi connectivity index (χ3n) is 2.75. The van der Waals surface area contributed by atoms with Gasteiger partial charge in [-0.15, -0.1) is 0 Å². The number of aromatic amines is 1. The molecule has 0 aliphatic carbocycles. The van der Waals surface area contributed by atoms with Gasteiger partial charge in [-0.3, -0.25) is 4.79 Å². The van der Waals surface area contributed by atoms with Crippen LogP contribution in [0.5, 0.6) is 0 Å². The van der Waals surface area contributed by atoms with Crippen molar-refractivity contribution in [3.05, 3.63) is 51.7 Å². The van der Waals surface area contributed by atoms with Crippen molar-refractivity contribution in [3.8, 4) is 0 Å². The van der Waals surface area contributed by atoms with Gasteiger partial charge < -0.3 is 10.7 Å². The number of nitrogens with zero attached hydrogens (tertiary/aromatic N) is 1. The van der Waals surface area contributed by atoms with Crippen molar-refractivity contribution in [3.63, 3.8) is 0 Å². The summed E-state index contributed by atoms with van der Waals surface area (Å²) in [6.07, 6.45) is 1.71. The third kappa shape index (κ3) is 3.84. The van der Waals surface area contributed by atoms with Crippen LogP contribution in [0.15, 0.2) is 34.2 Å². The zero-order chi connectivity index (χ0) is 14.5. The third-order valence-corrected chi connectivity index (χ3v) is 3.67. The largest absolute Gasteiger partial charge is 0.398 e. The van der Waals surface area contributed by atoms with Gasteiger partial charge in [0.25, 0.3) is 5.56 Å². The summed E-state index contributed by atoms with van der Waals surface area (Å²) >= 11 is 1.38. The number of rotatable bonds is 5. The number of nitrogens with two attached hydrogens (primary N) is 1. The van der Waals surface area contributed by atoms with Crippen molar-refractivity contribution >= 4 is 17.4 Å². The normalized spacial score (nSPS) is 10.7. The summed E-state index contributed by atoms with van der Waals surface area (Å²) < 4.78 is 13.0. The molecule has 0 spiro atoms. The SMILES string of the molecule is CCCc1cc(=O)[nH]c(SCc2ccc(F)cc2N)n1. The Bertz CT molecular complexity index is 657. The molecule has 0 aliphatic heterocycles. The molecule has 6 heteroatoms. The highest BCUT2D eigenvalue weighted by Crippen LogP contribution is 2.23. The molecule has 0 bridgehead atoms. The van der Waals surface area contributed by atoms with Gasteiger partial charge >= 0.3 is 0 Å². The van der Waals surface area contributed by atoms with E-state index in [0.29, 0.717) is 16.6 Å². The molecule has 0 unspecified atom stereocenters. The van der Waals surface area contributed by atoms with Gasteiger partial charge in [-0.2, -0.15) is 0 Å². The Morgan fingerprint density at radius 1 is 1.40 bits per heavy atom. The Morgan fingerprint density at radius 3 is 2.90 bits per heavy atom. The molecular weight excluding hydrogens is 277 g/mol. The minimum absolute atomic E-state index is 0.155. The van der Waals surface area contributed by atoms with Crippen LogP contribution >= 0.6 is 11.8 Å². The predicted octanol–water partition coefficient (Wildman–Crippen LogP) is 2.74. The fraction of sp³-hybridized carbons (Fsp3) is 0.286. The Hall–Kier alpha value is -1.82. The smallest absolute Gasteiger partial charge is 0.251 e. The molecule has 0 atom stereocenters. The highest BCUT2D eigenvalue weighted by molar-refractivity contribution is 7.98. The lowest BCUT2D eigenvalue weighted by Crippen LogP contribution is -2.10. The molecule has 0 aliphatic rings. The predicted molar refractivity (Wildman–Crippen MR) is 79.2 cm³/mol. The van der Waals surface area contributed by atoms with E-state index in [9.17, 15) is 9.18 Å². The van der Waals surface area contributed by atoms with Crippen LogP contribution in [-0.4, -0.2) is 9.97 Å². The number of nitrogens with one attached hydrogen (secondary N) is 1. The average molecular weight is 293 g/mol. The van der Waals surface area contributed by atoms with Gasteiger partial charge in [-0.05, 0) is 24.1 Å². The standard InChI is InChI=1S/C14H16FN3OS/c1-2-3-11-7-13(19)18-14(17-11)20-8-9-4-5-10(15)6-12(9)16/h4-7H,2-3,8,16H2,1H3,(H,17,18,19). The van der Waals surface area contributed by atoms with Gasteiger partial charge in [0.2, 0.25) is 0 Å². The summed E-state index contributed by atoms with van der Waals surface area (Å²) in [7, 11) is 0. The molecule has 1 aromatic heterocycles. The molecule has 0 saturated heterocycles. The topological polar surface area (TPSA) is 71.8 Å². The van der Waals surface area contributed by atoms with Gasteiger partial charge in [0.15, 0.2) is 5.16 Å². The Kier molecular flexibility index (Phi) is 4.79. The number of hydrogen-bond donors (Lipinski definition) is 2. The van der Waals surface area contributed by atoms with Crippen LogP contribution in [0, 0.1) is 5.82 Å². The maximum Gasteiger partial charge on any atom is 0.251 e. The lowest BCUT2D eigenvalue weighted by molar-refractivity contribution is 0.628. The van der Waals surface area contributed by atoms with E-state index in [2.05, 4.69) is 9.97 Å². The van der Waals surface area contributed by atoms with Crippen LogP contribution in [0.4, 0.5) is 10.1 Å². The summed E-state index contributed by atoms with van der Waals surface area (Å²) in [5.74, 6) is 0.178. The number of aryl methyl sites for hydroxylation is 1. The molecule has 0 saturated carbocycles. The van der Waals surface area contributed by atoms with Crippen molar-refractivity contribution in [1.82, 2.24) is 9.97 Å². The van der Waals surface area contributed by atoms with E-state index < -0.39 is 0 Å². The van der Waals surface area contributed by atoms with E-state index in [0.717, 1.165) is 24.1 Å². The van der Waals surface area contributed by atoms with Gasteiger partial charge in [0.05, 0.1) is 0 Å². The highest BCUT2D eigenvalue weighted by Gasteiger charge is 2.05. The van der Waals surface area contributed by atoms with Crippen LogP contribution in [-0.2, 0) is 12.2 Å². The molecule has 4 nitrogen and oxygen atoms in total. The van der Waals surface area contributed by atoms with Crippen molar-refractivity contribution in [2.75, 3.05) is 5.73 Å². The number of halogens is 1. The quantitative estimate of drug-likeness (QED) is 0.505. The number of benzene rings is 1. The van der Waals surface area contributed by atoms with Crippen molar-refractivity contribution < 1.29 is 4.39 Å². The van der Waals surface area contributed by atoms with E-state index in [4.69, 9.17) is 5.73 Å². The molecule has 0 amide bonds. The molecule has 106 valence electrons. The summed E-state index contributed by atoms with van der Waals surface area (Å²) in [6.45, 7) is 2.04. The number of H-pyrrole nitrogens is 1. The summed E-state index contributed by atoms with van der Waals surface area (Å²) in [5.41, 5.74) is 7.60. The first-order valence-corrected chi connectivity index (χ1v) is 7.34. The molecule has 0 radical (unpaired) electrons. The van der Waals surface area contributed by atoms with E-state index in [-0.39, 0.29) is 11.4 Å². The maximum atomic E-state index is 13.0. The number of anilines is 1. The second-order valence-electron chi connectivity index (χ2n) is 4.42. The zero-order valence-electron chi connectivity index (χ0n) is 11.1. The van der Waals surface area contributed by atoms with E-state index >= 15 is 0 Å². The molecule has 2 rings (SSSR count). The number of nitrogen functional groups attached to an aromatic ring is 1. The fourth-order valence-corrected chi connectivity index (χ4v) is 2.69. The summed E-state index contributed by atoms with van der Waals surface area (Å²) in [4.78, 5) is 18.6. The summed E-state index contributed by atoms with van der Waals surface area (Å²) in [6, 6.07) is 5.82. The lowest BCUT2D eigenvalue weighted by atomic mass is 10.2. The number of thioether (sulfide) groups is 1. The minimum atomic E-state index is -0.354. The average Bonchev–Trinajstić information content (AvgIpc) is 2.37. The van der Waals surface area contributed by atoms with Gasteiger partial charge in [0.1, 0.15) is 5.82 Å². The lowest BCUT2D eigenvalue weighted by Gasteiger charge is -2.06. The number of hydrogen-bond acceptors (Lipinski definition) is 4. The van der Waals surface area contributed by atoms with Crippen LogP contribution in [0.1, 0.15) is 24.6 Å². The zero-order valence-corrected chi connectivity index (χ0v) is 12.0. The molecule has 0 fully saturated rings. The number of aromatic nitrogens is 2. The monoisotopic (exact) mass is 293 g/mol. The minimum Gasteiger partial charge on any atom is -0.398 e. The van der Waals surface area contributed by atoms with Crippen molar-refractivity contribution in [2.24, 2.45) is 0 Å². The molecule has 1 aromatic carbocycles. The first kappa shape index (κ1) is 14.6. The molecule has 20 heavy (non-hydrogen) atoms. The Balaban J connectivity index is 2.12. The fourth-order valence-electron chi connectivity index (χ4n) is 1.78. The van der Waals surface area contributed by atoms with Crippen LogP contribution in [0.25, 0.3) is 0 Å². The highest BCUT2D eigenvalue weighted by atomic mass is 32.2. The van der Waals surface area contributed by atoms with Gasteiger partial charge in [0, 0.05) is 23.2 Å². The summed E-state index contributed by atoms with van der Waals surface area (Å²) in [5, 5.41) is 0.560. The molecule has 1 heterocycles. The van der Waals surface area contributed by atoms with Crippen LogP contribution in [0.2, 0.25) is 0 Å². The van der Waals surface area contributed by atoms with E-state index in [1.54, 1.807) is 6.07 Å². The van der Waals surface area contributed by atoms with Gasteiger partial charge in [-0.25, -0.2) is 9.37 Å². The second kappa shape index (κ2) is 6.56. The molecule has 3 N–H and O–H groups in total.